The van der Waals surface area contributed by atoms with Gasteiger partial charge in [0.2, 0.25) is 5.91 Å². The summed E-state index contributed by atoms with van der Waals surface area (Å²) in [6.45, 7) is 0.861. The first-order valence-electron chi connectivity index (χ1n) is 6.23. The minimum absolute atomic E-state index is 0.0753. The Morgan fingerprint density at radius 2 is 2.11 bits per heavy atom. The molecule has 0 aliphatic carbocycles. The lowest BCUT2D eigenvalue weighted by Gasteiger charge is -2.29. The van der Waals surface area contributed by atoms with E-state index in [2.05, 4.69) is 0 Å². The molecule has 2 saturated heterocycles. The number of benzene rings is 1. The highest BCUT2D eigenvalue weighted by Crippen LogP contribution is 2.31. The Bertz CT molecular complexity index is 505. The molecule has 0 radical (unpaired) electrons. The van der Waals surface area contributed by atoms with Gasteiger partial charge in [-0.3, -0.25) is 9.63 Å². The van der Waals surface area contributed by atoms with E-state index in [1.54, 1.807) is 0 Å². The van der Waals surface area contributed by atoms with Gasteiger partial charge in [0.1, 0.15) is 12.6 Å². The Labute approximate surface area is 110 Å². The van der Waals surface area contributed by atoms with Crippen molar-refractivity contribution in [2.45, 2.75) is 25.1 Å². The van der Waals surface area contributed by atoms with Crippen LogP contribution in [0.15, 0.2) is 30.3 Å². The van der Waals surface area contributed by atoms with Gasteiger partial charge in [0.05, 0.1) is 6.04 Å². The number of urea groups is 1. The highest BCUT2D eigenvalue weighted by molar-refractivity contribution is 5.88. The zero-order valence-electron chi connectivity index (χ0n) is 10.4. The van der Waals surface area contributed by atoms with Crippen molar-refractivity contribution in [3.63, 3.8) is 0 Å². The van der Waals surface area contributed by atoms with Crippen LogP contribution in [0.5, 0.6) is 0 Å². The first kappa shape index (κ1) is 12.0. The molecule has 2 fully saturated rings. The SMILES string of the molecule is NC(=O)[C@@H]1C[C@@H]2CN1C(=O)N2OCc1ccccc1. The van der Waals surface area contributed by atoms with E-state index >= 15 is 0 Å². The summed E-state index contributed by atoms with van der Waals surface area (Å²) in [5, 5.41) is 1.37. The van der Waals surface area contributed by atoms with E-state index in [1.807, 2.05) is 30.3 Å². The molecule has 19 heavy (non-hydrogen) atoms. The van der Waals surface area contributed by atoms with Crippen LogP contribution in [0, 0.1) is 0 Å². The number of amides is 3. The van der Waals surface area contributed by atoms with Crippen LogP contribution in [-0.4, -0.2) is 40.5 Å². The third-order valence-electron chi connectivity index (χ3n) is 3.59. The molecule has 6 nitrogen and oxygen atoms in total. The Kier molecular flexibility index (Phi) is 2.87. The summed E-state index contributed by atoms with van der Waals surface area (Å²) in [7, 11) is 0. The van der Waals surface area contributed by atoms with Crippen LogP contribution in [0.2, 0.25) is 0 Å². The molecular weight excluding hydrogens is 246 g/mol. The summed E-state index contributed by atoms with van der Waals surface area (Å²) >= 11 is 0. The van der Waals surface area contributed by atoms with Gasteiger partial charge in [0.25, 0.3) is 0 Å². The molecule has 2 atom stereocenters. The van der Waals surface area contributed by atoms with Crippen LogP contribution in [0.4, 0.5) is 4.79 Å². The van der Waals surface area contributed by atoms with E-state index < -0.39 is 11.9 Å². The Balaban J connectivity index is 1.63. The fourth-order valence-electron chi connectivity index (χ4n) is 2.63. The van der Waals surface area contributed by atoms with Crippen molar-refractivity contribution in [1.82, 2.24) is 9.96 Å². The molecule has 2 aliphatic rings. The lowest BCUT2D eigenvalue weighted by atomic mass is 10.1. The normalized spacial score (nSPS) is 25.2. The standard InChI is InChI=1S/C13H15N3O3/c14-12(17)11-6-10-7-15(11)13(18)16(10)19-8-9-4-2-1-3-5-9/h1-5,10-11H,6-8H2,(H2,14,17)/t10-,11+/m1/s1. The number of hydrogen-bond acceptors (Lipinski definition) is 3. The van der Waals surface area contributed by atoms with Gasteiger partial charge < -0.3 is 10.6 Å². The zero-order valence-corrected chi connectivity index (χ0v) is 10.4. The number of carbonyl (C=O) groups excluding carboxylic acids is 2. The molecule has 1 aromatic carbocycles. The largest absolute Gasteiger partial charge is 0.368 e. The van der Waals surface area contributed by atoms with Crippen LogP contribution in [0.3, 0.4) is 0 Å². The number of nitrogens with two attached hydrogens (primary N) is 1. The van der Waals surface area contributed by atoms with Crippen LogP contribution < -0.4 is 5.73 Å². The van der Waals surface area contributed by atoms with Gasteiger partial charge in [-0.1, -0.05) is 30.3 Å². The van der Waals surface area contributed by atoms with Crippen LogP contribution in [0.1, 0.15) is 12.0 Å². The zero-order chi connectivity index (χ0) is 13.4. The minimum atomic E-state index is -0.478. The highest BCUT2D eigenvalue weighted by atomic mass is 16.7. The monoisotopic (exact) mass is 261 g/mol. The van der Waals surface area contributed by atoms with E-state index in [0.29, 0.717) is 19.6 Å². The maximum atomic E-state index is 12.0. The molecule has 0 saturated carbocycles. The van der Waals surface area contributed by atoms with Crippen molar-refractivity contribution >= 4 is 11.9 Å². The quantitative estimate of drug-likeness (QED) is 0.856. The first-order chi connectivity index (χ1) is 9.16. The molecule has 2 bridgehead atoms. The lowest BCUT2D eigenvalue weighted by Crippen LogP contribution is -2.50. The fourth-order valence-corrected chi connectivity index (χ4v) is 2.63. The Hall–Kier alpha value is -2.08. The summed E-state index contributed by atoms with van der Waals surface area (Å²) in [5.74, 6) is -0.446. The molecule has 2 aliphatic heterocycles. The van der Waals surface area contributed by atoms with Gasteiger partial charge in [0, 0.05) is 13.0 Å². The average molecular weight is 261 g/mol. The molecule has 3 amide bonds. The molecule has 0 unspecified atom stereocenters. The third kappa shape index (κ3) is 2.04. The number of rotatable bonds is 4. The van der Waals surface area contributed by atoms with E-state index in [0.717, 1.165) is 5.56 Å². The topological polar surface area (TPSA) is 75.9 Å². The average Bonchev–Trinajstić information content (AvgIpc) is 2.96. The predicted octanol–water partition coefficient (Wildman–Crippen LogP) is 0.482. The number of primary amides is 1. The van der Waals surface area contributed by atoms with E-state index in [-0.39, 0.29) is 12.1 Å². The van der Waals surface area contributed by atoms with Crippen molar-refractivity contribution in [2.24, 2.45) is 5.73 Å². The second kappa shape index (κ2) is 4.55. The fraction of sp³-hybridized carbons (Fsp3) is 0.385. The first-order valence-corrected chi connectivity index (χ1v) is 6.23. The van der Waals surface area contributed by atoms with E-state index in [1.165, 1.54) is 9.96 Å². The number of nitrogens with zero attached hydrogens (tertiary/aromatic N) is 2. The summed E-state index contributed by atoms with van der Waals surface area (Å²) in [6.07, 6.45) is 0.551. The van der Waals surface area contributed by atoms with Crippen LogP contribution in [-0.2, 0) is 16.2 Å². The molecule has 0 aromatic heterocycles. The molecule has 3 rings (SSSR count). The molecule has 6 heteroatoms. The summed E-state index contributed by atoms with van der Waals surface area (Å²) in [5.41, 5.74) is 6.26. The third-order valence-corrected chi connectivity index (χ3v) is 3.59. The van der Waals surface area contributed by atoms with E-state index in [4.69, 9.17) is 10.6 Å². The molecular formula is C13H15N3O3. The molecule has 1 aromatic rings. The lowest BCUT2D eigenvalue weighted by molar-refractivity contribution is -0.150. The van der Waals surface area contributed by atoms with Gasteiger partial charge >= 0.3 is 6.03 Å². The van der Waals surface area contributed by atoms with Crippen LogP contribution >= 0.6 is 0 Å². The number of fused-ring (bicyclic) bond motifs is 2. The Morgan fingerprint density at radius 1 is 1.37 bits per heavy atom. The van der Waals surface area contributed by atoms with Crippen LogP contribution in [0.25, 0.3) is 0 Å². The van der Waals surface area contributed by atoms with Crippen molar-refractivity contribution < 1.29 is 14.4 Å². The predicted molar refractivity (Wildman–Crippen MR) is 66.6 cm³/mol. The van der Waals surface area contributed by atoms with E-state index in [9.17, 15) is 9.59 Å². The second-order valence-corrected chi connectivity index (χ2v) is 4.83. The van der Waals surface area contributed by atoms with Gasteiger partial charge in [-0.2, -0.15) is 5.06 Å². The minimum Gasteiger partial charge on any atom is -0.368 e. The molecule has 100 valence electrons. The van der Waals surface area contributed by atoms with Gasteiger partial charge in [-0.25, -0.2) is 4.79 Å². The molecule has 0 spiro atoms. The maximum absolute atomic E-state index is 12.0. The van der Waals surface area contributed by atoms with Gasteiger partial charge in [-0.15, -0.1) is 0 Å². The molecule has 2 N–H and O–H groups in total. The van der Waals surface area contributed by atoms with Gasteiger partial charge in [-0.05, 0) is 5.56 Å². The van der Waals surface area contributed by atoms with Crippen molar-refractivity contribution in [3.05, 3.63) is 35.9 Å². The van der Waals surface area contributed by atoms with Crippen molar-refractivity contribution in [3.8, 4) is 0 Å². The number of hydroxylamine groups is 2. The number of carbonyl (C=O) groups is 2. The summed E-state index contributed by atoms with van der Waals surface area (Å²) in [4.78, 5) is 30.3. The van der Waals surface area contributed by atoms with Gasteiger partial charge in [0.15, 0.2) is 0 Å². The summed E-state index contributed by atoms with van der Waals surface area (Å²) < 4.78 is 0. The smallest absolute Gasteiger partial charge is 0.345 e. The highest BCUT2D eigenvalue weighted by Gasteiger charge is 2.51. The van der Waals surface area contributed by atoms with Crippen molar-refractivity contribution in [2.75, 3.05) is 6.54 Å². The molecule has 2 heterocycles. The Morgan fingerprint density at radius 3 is 2.74 bits per heavy atom. The number of hydrogen-bond donors (Lipinski definition) is 1. The second-order valence-electron chi connectivity index (χ2n) is 4.83. The maximum Gasteiger partial charge on any atom is 0.345 e. The van der Waals surface area contributed by atoms with Crippen molar-refractivity contribution in [1.29, 1.82) is 0 Å². The summed E-state index contributed by atoms with van der Waals surface area (Å²) in [6, 6.07) is 8.82.